The third-order valence-corrected chi connectivity index (χ3v) is 3.77. The van der Waals surface area contributed by atoms with E-state index in [1.165, 1.54) is 16.7 Å². The van der Waals surface area contributed by atoms with Gasteiger partial charge < -0.3 is 14.5 Å². The fraction of sp³-hybridized carbons (Fsp3) is 0.375. The summed E-state index contributed by atoms with van der Waals surface area (Å²) in [7, 11) is 1.97. The topological polar surface area (TPSA) is 34.4 Å². The SMILES string of the molecule is CNC(c1ccoc1C)c1cccc2c1OCCC2. The minimum atomic E-state index is 0.117. The summed E-state index contributed by atoms with van der Waals surface area (Å²) in [5.74, 6) is 2.00. The molecule has 3 heteroatoms. The summed E-state index contributed by atoms with van der Waals surface area (Å²) in [4.78, 5) is 0. The van der Waals surface area contributed by atoms with Crippen molar-refractivity contribution in [1.29, 1.82) is 0 Å². The third kappa shape index (κ3) is 2.15. The predicted molar refractivity (Wildman–Crippen MR) is 74.6 cm³/mol. The normalized spacial score (nSPS) is 15.7. The van der Waals surface area contributed by atoms with Crippen LogP contribution >= 0.6 is 0 Å². The summed E-state index contributed by atoms with van der Waals surface area (Å²) >= 11 is 0. The van der Waals surface area contributed by atoms with Crippen molar-refractivity contribution in [2.45, 2.75) is 25.8 Å². The van der Waals surface area contributed by atoms with Gasteiger partial charge in [-0.05, 0) is 38.4 Å². The van der Waals surface area contributed by atoms with Crippen LogP contribution in [0.2, 0.25) is 0 Å². The minimum Gasteiger partial charge on any atom is -0.493 e. The van der Waals surface area contributed by atoms with Crippen LogP contribution in [0.15, 0.2) is 34.9 Å². The zero-order valence-corrected chi connectivity index (χ0v) is 11.4. The maximum atomic E-state index is 5.90. The second-order valence-corrected chi connectivity index (χ2v) is 4.94. The van der Waals surface area contributed by atoms with Crippen molar-refractivity contribution < 1.29 is 9.15 Å². The molecule has 2 aromatic rings. The van der Waals surface area contributed by atoms with Gasteiger partial charge in [-0.2, -0.15) is 0 Å². The van der Waals surface area contributed by atoms with Crippen molar-refractivity contribution in [3.8, 4) is 5.75 Å². The molecule has 3 nitrogen and oxygen atoms in total. The zero-order chi connectivity index (χ0) is 13.2. The lowest BCUT2D eigenvalue weighted by molar-refractivity contribution is 0.283. The van der Waals surface area contributed by atoms with E-state index in [0.717, 1.165) is 31.0 Å². The molecule has 0 saturated heterocycles. The van der Waals surface area contributed by atoms with Crippen LogP contribution in [0, 0.1) is 6.92 Å². The van der Waals surface area contributed by atoms with Crippen LogP contribution in [0.5, 0.6) is 5.75 Å². The van der Waals surface area contributed by atoms with E-state index in [1.54, 1.807) is 6.26 Å². The van der Waals surface area contributed by atoms with Gasteiger partial charge in [0, 0.05) is 11.1 Å². The van der Waals surface area contributed by atoms with E-state index < -0.39 is 0 Å². The first-order valence-electron chi connectivity index (χ1n) is 6.77. The van der Waals surface area contributed by atoms with Crippen LogP contribution in [0.1, 0.15) is 34.9 Å². The number of ether oxygens (including phenoxy) is 1. The van der Waals surface area contributed by atoms with E-state index >= 15 is 0 Å². The van der Waals surface area contributed by atoms with Gasteiger partial charge in [0.1, 0.15) is 11.5 Å². The number of furan rings is 1. The first kappa shape index (κ1) is 12.3. The smallest absolute Gasteiger partial charge is 0.127 e. The molecule has 3 rings (SSSR count). The van der Waals surface area contributed by atoms with E-state index in [-0.39, 0.29) is 6.04 Å². The lowest BCUT2D eigenvalue weighted by Crippen LogP contribution is -2.21. The Morgan fingerprint density at radius 2 is 2.11 bits per heavy atom. The van der Waals surface area contributed by atoms with Gasteiger partial charge in [-0.1, -0.05) is 18.2 Å². The Kier molecular flexibility index (Phi) is 3.30. The highest BCUT2D eigenvalue weighted by Crippen LogP contribution is 2.36. The largest absolute Gasteiger partial charge is 0.493 e. The molecule has 1 aromatic heterocycles. The summed E-state index contributed by atoms with van der Waals surface area (Å²) in [6, 6.07) is 8.55. The monoisotopic (exact) mass is 257 g/mol. The van der Waals surface area contributed by atoms with Gasteiger partial charge in [-0.25, -0.2) is 0 Å². The maximum absolute atomic E-state index is 5.90. The molecule has 19 heavy (non-hydrogen) atoms. The number of fused-ring (bicyclic) bond motifs is 1. The number of rotatable bonds is 3. The zero-order valence-electron chi connectivity index (χ0n) is 11.4. The summed E-state index contributed by atoms with van der Waals surface area (Å²) in [5.41, 5.74) is 3.68. The number of aryl methyl sites for hydroxylation is 2. The first-order valence-corrected chi connectivity index (χ1v) is 6.77. The van der Waals surface area contributed by atoms with E-state index in [0.29, 0.717) is 0 Å². The van der Waals surface area contributed by atoms with Gasteiger partial charge in [0.2, 0.25) is 0 Å². The van der Waals surface area contributed by atoms with Crippen molar-refractivity contribution in [2.24, 2.45) is 0 Å². The number of hydrogen-bond donors (Lipinski definition) is 1. The van der Waals surface area contributed by atoms with Crippen molar-refractivity contribution >= 4 is 0 Å². The average molecular weight is 257 g/mol. The van der Waals surface area contributed by atoms with Crippen molar-refractivity contribution in [2.75, 3.05) is 13.7 Å². The molecule has 0 radical (unpaired) electrons. The van der Waals surface area contributed by atoms with Gasteiger partial charge in [0.25, 0.3) is 0 Å². The Bertz CT molecular complexity index is 574. The Morgan fingerprint density at radius 1 is 1.21 bits per heavy atom. The molecule has 100 valence electrons. The Balaban J connectivity index is 2.07. The van der Waals surface area contributed by atoms with Gasteiger partial charge in [0.15, 0.2) is 0 Å². The van der Waals surface area contributed by atoms with Crippen LogP contribution in [0.4, 0.5) is 0 Å². The highest BCUT2D eigenvalue weighted by molar-refractivity contribution is 5.48. The first-order chi connectivity index (χ1) is 9.31. The number of para-hydroxylation sites is 1. The molecule has 0 saturated carbocycles. The van der Waals surface area contributed by atoms with Crippen molar-refractivity contribution in [3.05, 3.63) is 53.0 Å². The molecule has 0 fully saturated rings. The molecule has 0 bridgehead atoms. The van der Waals surface area contributed by atoms with Crippen LogP contribution in [0.25, 0.3) is 0 Å². The van der Waals surface area contributed by atoms with Crippen LogP contribution in [-0.4, -0.2) is 13.7 Å². The fourth-order valence-corrected chi connectivity index (χ4v) is 2.81. The van der Waals surface area contributed by atoms with E-state index in [4.69, 9.17) is 9.15 Å². The molecule has 1 unspecified atom stereocenters. The number of benzene rings is 1. The quantitative estimate of drug-likeness (QED) is 0.916. The molecular weight excluding hydrogens is 238 g/mol. The number of hydrogen-bond acceptors (Lipinski definition) is 3. The lowest BCUT2D eigenvalue weighted by Gasteiger charge is -2.25. The second kappa shape index (κ2) is 5.10. The highest BCUT2D eigenvalue weighted by Gasteiger charge is 2.23. The molecule has 0 aliphatic carbocycles. The Hall–Kier alpha value is -1.74. The molecule has 1 aliphatic heterocycles. The van der Waals surface area contributed by atoms with Crippen molar-refractivity contribution in [3.63, 3.8) is 0 Å². The molecule has 1 aliphatic rings. The third-order valence-electron chi connectivity index (χ3n) is 3.77. The van der Waals surface area contributed by atoms with E-state index in [1.807, 2.05) is 20.0 Å². The summed E-state index contributed by atoms with van der Waals surface area (Å²) in [5, 5.41) is 3.37. The van der Waals surface area contributed by atoms with Gasteiger partial charge in [0.05, 0.1) is 18.9 Å². The number of nitrogens with one attached hydrogen (secondary N) is 1. The fourth-order valence-electron chi connectivity index (χ4n) is 2.81. The predicted octanol–water partition coefficient (Wildman–Crippen LogP) is 3.22. The van der Waals surface area contributed by atoms with Gasteiger partial charge in [-0.15, -0.1) is 0 Å². The second-order valence-electron chi connectivity index (χ2n) is 4.94. The molecule has 1 aromatic carbocycles. The van der Waals surface area contributed by atoms with Gasteiger partial charge in [-0.3, -0.25) is 0 Å². The van der Waals surface area contributed by atoms with Gasteiger partial charge >= 0.3 is 0 Å². The molecule has 0 amide bonds. The van der Waals surface area contributed by atoms with Crippen molar-refractivity contribution in [1.82, 2.24) is 5.32 Å². The van der Waals surface area contributed by atoms with Crippen LogP contribution < -0.4 is 10.1 Å². The molecule has 1 N–H and O–H groups in total. The van der Waals surface area contributed by atoms with E-state index in [2.05, 4.69) is 23.5 Å². The molecule has 1 atom stereocenters. The standard InChI is InChI=1S/C16H19NO2/c1-11-13(8-10-18-11)15(17-2)14-7-3-5-12-6-4-9-19-16(12)14/h3,5,7-8,10,15,17H,4,6,9H2,1-2H3. The Labute approximate surface area is 113 Å². The van der Waals surface area contributed by atoms with Crippen LogP contribution in [-0.2, 0) is 6.42 Å². The molecule has 2 heterocycles. The maximum Gasteiger partial charge on any atom is 0.127 e. The average Bonchev–Trinajstić information content (AvgIpc) is 2.86. The molecule has 0 spiro atoms. The van der Waals surface area contributed by atoms with E-state index in [9.17, 15) is 0 Å². The summed E-state index contributed by atoms with van der Waals surface area (Å²) in [6.45, 7) is 2.81. The summed E-state index contributed by atoms with van der Waals surface area (Å²) < 4.78 is 11.3. The lowest BCUT2D eigenvalue weighted by atomic mass is 9.94. The summed E-state index contributed by atoms with van der Waals surface area (Å²) in [6.07, 6.45) is 3.95. The minimum absolute atomic E-state index is 0.117. The molecular formula is C16H19NO2. The Morgan fingerprint density at radius 3 is 2.84 bits per heavy atom. The van der Waals surface area contributed by atoms with Crippen LogP contribution in [0.3, 0.4) is 0 Å². The highest BCUT2D eigenvalue weighted by atomic mass is 16.5.